The predicted molar refractivity (Wildman–Crippen MR) is 55.9 cm³/mol. The number of carbonyl (C=O) groups excluding carboxylic acids is 2. The Morgan fingerprint density at radius 2 is 2.20 bits per heavy atom. The molecule has 0 aromatic rings. The standard InChI is InChI=1S/C9H18N4O2/c1-7-5-13(4-3-10-7)6-9(15)12-11-8(2)14/h7,10H,3-6H2,1-2H3,(H,11,14)(H,12,15)/t7-/m1/s1. The highest BCUT2D eigenvalue weighted by molar-refractivity contribution is 5.81. The van der Waals surface area contributed by atoms with Crippen LogP contribution < -0.4 is 16.2 Å². The number of hydrazine groups is 1. The predicted octanol–water partition coefficient (Wildman–Crippen LogP) is -1.55. The Labute approximate surface area is 89.4 Å². The first-order valence-electron chi connectivity index (χ1n) is 5.09. The van der Waals surface area contributed by atoms with Crippen LogP contribution in [0.25, 0.3) is 0 Å². The molecule has 15 heavy (non-hydrogen) atoms. The van der Waals surface area contributed by atoms with E-state index in [2.05, 4.69) is 28.0 Å². The van der Waals surface area contributed by atoms with Crippen molar-refractivity contribution in [3.8, 4) is 0 Å². The van der Waals surface area contributed by atoms with Crippen molar-refractivity contribution in [2.75, 3.05) is 26.2 Å². The van der Waals surface area contributed by atoms with E-state index in [4.69, 9.17) is 0 Å². The van der Waals surface area contributed by atoms with E-state index in [1.54, 1.807) is 0 Å². The van der Waals surface area contributed by atoms with Crippen LogP contribution in [0.4, 0.5) is 0 Å². The highest BCUT2D eigenvalue weighted by Gasteiger charge is 2.17. The molecule has 1 aliphatic heterocycles. The third-order valence-electron chi connectivity index (χ3n) is 2.20. The number of amides is 2. The van der Waals surface area contributed by atoms with Gasteiger partial charge in [-0.05, 0) is 6.92 Å². The molecule has 1 heterocycles. The Kier molecular flexibility index (Phi) is 4.51. The van der Waals surface area contributed by atoms with Crippen molar-refractivity contribution >= 4 is 11.8 Å². The first kappa shape index (κ1) is 11.9. The van der Waals surface area contributed by atoms with Gasteiger partial charge in [-0.1, -0.05) is 0 Å². The lowest BCUT2D eigenvalue weighted by Gasteiger charge is -2.31. The molecule has 1 atom stereocenters. The maximum atomic E-state index is 11.3. The minimum absolute atomic E-state index is 0.181. The fraction of sp³-hybridized carbons (Fsp3) is 0.778. The molecule has 6 heteroatoms. The molecule has 0 aliphatic carbocycles. The highest BCUT2D eigenvalue weighted by atomic mass is 16.2. The molecule has 3 N–H and O–H groups in total. The molecular formula is C9H18N4O2. The van der Waals surface area contributed by atoms with Gasteiger partial charge < -0.3 is 5.32 Å². The van der Waals surface area contributed by atoms with Crippen LogP contribution in [0.3, 0.4) is 0 Å². The summed E-state index contributed by atoms with van der Waals surface area (Å²) >= 11 is 0. The zero-order chi connectivity index (χ0) is 11.3. The van der Waals surface area contributed by atoms with Crippen molar-refractivity contribution in [3.63, 3.8) is 0 Å². The second-order valence-corrected chi connectivity index (χ2v) is 3.82. The van der Waals surface area contributed by atoms with Crippen molar-refractivity contribution in [3.05, 3.63) is 0 Å². The van der Waals surface area contributed by atoms with Gasteiger partial charge in [-0.2, -0.15) is 0 Å². The van der Waals surface area contributed by atoms with Gasteiger partial charge in [0.25, 0.3) is 5.91 Å². The van der Waals surface area contributed by atoms with Gasteiger partial charge in [0.05, 0.1) is 6.54 Å². The van der Waals surface area contributed by atoms with Crippen LogP contribution in [0.5, 0.6) is 0 Å². The summed E-state index contributed by atoms with van der Waals surface area (Å²) in [6.07, 6.45) is 0. The van der Waals surface area contributed by atoms with Gasteiger partial charge in [-0.3, -0.25) is 25.3 Å². The average molecular weight is 214 g/mol. The van der Waals surface area contributed by atoms with E-state index in [1.807, 2.05) is 0 Å². The molecule has 0 saturated carbocycles. The molecule has 86 valence electrons. The van der Waals surface area contributed by atoms with Crippen molar-refractivity contribution in [2.45, 2.75) is 19.9 Å². The van der Waals surface area contributed by atoms with Gasteiger partial charge in [0.15, 0.2) is 0 Å². The SMILES string of the molecule is CC(=O)NNC(=O)CN1CCN[C@H](C)C1. The first-order chi connectivity index (χ1) is 7.08. The van der Waals surface area contributed by atoms with Crippen LogP contribution in [0, 0.1) is 0 Å². The minimum atomic E-state index is -0.267. The molecule has 0 aromatic carbocycles. The number of rotatable bonds is 2. The third-order valence-corrected chi connectivity index (χ3v) is 2.20. The smallest absolute Gasteiger partial charge is 0.252 e. The summed E-state index contributed by atoms with van der Waals surface area (Å²) in [6, 6.07) is 0.410. The molecule has 0 radical (unpaired) electrons. The van der Waals surface area contributed by atoms with Gasteiger partial charge >= 0.3 is 0 Å². The fourth-order valence-corrected chi connectivity index (χ4v) is 1.56. The van der Waals surface area contributed by atoms with E-state index in [1.165, 1.54) is 6.92 Å². The maximum absolute atomic E-state index is 11.3. The van der Waals surface area contributed by atoms with Gasteiger partial charge in [-0.25, -0.2) is 0 Å². The summed E-state index contributed by atoms with van der Waals surface area (Å²) in [4.78, 5) is 23.9. The Morgan fingerprint density at radius 3 is 2.80 bits per heavy atom. The number of hydrogen-bond acceptors (Lipinski definition) is 4. The number of piperazine rings is 1. The van der Waals surface area contributed by atoms with E-state index < -0.39 is 0 Å². The van der Waals surface area contributed by atoms with Gasteiger partial charge in [0.2, 0.25) is 5.91 Å². The lowest BCUT2D eigenvalue weighted by Crippen LogP contribution is -2.53. The second kappa shape index (κ2) is 5.67. The monoisotopic (exact) mass is 214 g/mol. The van der Waals surface area contributed by atoms with Crippen LogP contribution in [-0.4, -0.2) is 48.9 Å². The largest absolute Gasteiger partial charge is 0.312 e. The van der Waals surface area contributed by atoms with Crippen LogP contribution in [-0.2, 0) is 9.59 Å². The Balaban J connectivity index is 2.22. The summed E-state index contributed by atoms with van der Waals surface area (Å²) in [5, 5.41) is 3.29. The van der Waals surface area contributed by atoms with E-state index >= 15 is 0 Å². The molecule has 1 aliphatic rings. The van der Waals surface area contributed by atoms with Gasteiger partial charge in [0, 0.05) is 32.6 Å². The maximum Gasteiger partial charge on any atom is 0.252 e. The lowest BCUT2D eigenvalue weighted by atomic mass is 10.2. The summed E-state index contributed by atoms with van der Waals surface area (Å²) in [5.41, 5.74) is 4.61. The molecule has 0 bridgehead atoms. The van der Waals surface area contributed by atoms with E-state index in [-0.39, 0.29) is 11.8 Å². The van der Waals surface area contributed by atoms with Crippen molar-refractivity contribution < 1.29 is 9.59 Å². The zero-order valence-electron chi connectivity index (χ0n) is 9.17. The Bertz CT molecular complexity index is 244. The summed E-state index contributed by atoms with van der Waals surface area (Å²) in [5.74, 6) is -0.448. The first-order valence-corrected chi connectivity index (χ1v) is 5.09. The van der Waals surface area contributed by atoms with Crippen molar-refractivity contribution in [1.82, 2.24) is 21.1 Å². The molecule has 0 aromatic heterocycles. The second-order valence-electron chi connectivity index (χ2n) is 3.82. The van der Waals surface area contributed by atoms with Gasteiger partial charge in [-0.15, -0.1) is 0 Å². The molecule has 1 fully saturated rings. The normalized spacial score (nSPS) is 22.1. The van der Waals surface area contributed by atoms with Crippen LogP contribution in [0.15, 0.2) is 0 Å². The van der Waals surface area contributed by atoms with Crippen LogP contribution in [0.2, 0.25) is 0 Å². The van der Waals surface area contributed by atoms with Crippen LogP contribution >= 0.6 is 0 Å². The summed E-state index contributed by atoms with van der Waals surface area (Å²) < 4.78 is 0. The molecule has 2 amide bonds. The van der Waals surface area contributed by atoms with E-state index in [0.29, 0.717) is 12.6 Å². The molecule has 0 unspecified atom stereocenters. The molecule has 1 rings (SSSR count). The van der Waals surface area contributed by atoms with Crippen molar-refractivity contribution in [1.29, 1.82) is 0 Å². The van der Waals surface area contributed by atoms with Crippen molar-refractivity contribution in [2.24, 2.45) is 0 Å². The number of nitrogens with one attached hydrogen (secondary N) is 3. The van der Waals surface area contributed by atoms with E-state index in [9.17, 15) is 9.59 Å². The number of carbonyl (C=O) groups is 2. The summed E-state index contributed by atoms with van der Waals surface area (Å²) in [6.45, 7) is 6.37. The molecular weight excluding hydrogens is 196 g/mol. The molecule has 6 nitrogen and oxygen atoms in total. The zero-order valence-corrected chi connectivity index (χ0v) is 9.17. The topological polar surface area (TPSA) is 73.5 Å². The molecule has 0 spiro atoms. The molecule has 1 saturated heterocycles. The Hall–Kier alpha value is -1.14. The minimum Gasteiger partial charge on any atom is -0.312 e. The average Bonchev–Trinajstić information content (AvgIpc) is 2.15. The lowest BCUT2D eigenvalue weighted by molar-refractivity contribution is -0.128. The summed E-state index contributed by atoms with van der Waals surface area (Å²) in [7, 11) is 0. The Morgan fingerprint density at radius 1 is 1.47 bits per heavy atom. The quantitative estimate of drug-likeness (QED) is 0.486. The fourth-order valence-electron chi connectivity index (χ4n) is 1.56. The number of hydrogen-bond donors (Lipinski definition) is 3. The van der Waals surface area contributed by atoms with Gasteiger partial charge in [0.1, 0.15) is 0 Å². The van der Waals surface area contributed by atoms with Crippen LogP contribution in [0.1, 0.15) is 13.8 Å². The number of nitrogens with zero attached hydrogens (tertiary/aromatic N) is 1. The highest BCUT2D eigenvalue weighted by Crippen LogP contribution is 1.96. The van der Waals surface area contributed by atoms with E-state index in [0.717, 1.165) is 19.6 Å². The third kappa shape index (κ3) is 4.75.